The number of carbonyl (C=O) groups is 1. The van der Waals surface area contributed by atoms with Gasteiger partial charge in [-0.25, -0.2) is 0 Å². The average Bonchev–Trinajstić information content (AvgIpc) is 2.58. The number of hydrogen-bond acceptors (Lipinski definition) is 1. The van der Waals surface area contributed by atoms with Crippen LogP contribution in [0.4, 0.5) is 13.2 Å². The van der Waals surface area contributed by atoms with Crippen LogP contribution in [0.2, 0.25) is 0 Å². The van der Waals surface area contributed by atoms with Gasteiger partial charge in [-0.2, -0.15) is 13.2 Å². The third-order valence-electron chi connectivity index (χ3n) is 4.13. The van der Waals surface area contributed by atoms with E-state index >= 15 is 0 Å². The highest BCUT2D eigenvalue weighted by molar-refractivity contribution is 5.84. The van der Waals surface area contributed by atoms with Gasteiger partial charge in [-0.3, -0.25) is 4.79 Å². The maximum Gasteiger partial charge on any atom is 0.449 e. The van der Waals surface area contributed by atoms with Crippen molar-refractivity contribution in [1.29, 1.82) is 0 Å². The molecule has 4 heteroatoms. The Kier molecular flexibility index (Phi) is 6.59. The molecule has 0 unspecified atom stereocenters. The molecule has 2 aromatic carbocycles. The van der Waals surface area contributed by atoms with Gasteiger partial charge in [-0.15, -0.1) is 0 Å². The predicted molar refractivity (Wildman–Crippen MR) is 88.9 cm³/mol. The van der Waals surface area contributed by atoms with E-state index in [-0.39, 0.29) is 5.92 Å². The van der Waals surface area contributed by atoms with Gasteiger partial charge >= 0.3 is 6.18 Å². The van der Waals surface area contributed by atoms with Crippen molar-refractivity contribution in [3.05, 3.63) is 71.8 Å². The molecule has 0 fully saturated rings. The molecule has 2 rings (SSSR count). The number of ketones is 1. The first-order valence-electron chi connectivity index (χ1n) is 8.15. The number of rotatable bonds is 8. The molecule has 0 aromatic heterocycles. The van der Waals surface area contributed by atoms with Crippen molar-refractivity contribution in [1.82, 2.24) is 0 Å². The van der Waals surface area contributed by atoms with Crippen LogP contribution in [-0.4, -0.2) is 12.0 Å². The van der Waals surface area contributed by atoms with Gasteiger partial charge < -0.3 is 0 Å². The summed E-state index contributed by atoms with van der Waals surface area (Å²) in [5, 5.41) is 0. The van der Waals surface area contributed by atoms with E-state index in [4.69, 9.17) is 0 Å². The Balaban J connectivity index is 1.92. The van der Waals surface area contributed by atoms with Crippen molar-refractivity contribution in [2.24, 2.45) is 0 Å². The molecule has 0 saturated heterocycles. The van der Waals surface area contributed by atoms with Crippen molar-refractivity contribution in [3.8, 4) is 0 Å². The number of halogens is 3. The van der Waals surface area contributed by atoms with Gasteiger partial charge in [-0.1, -0.05) is 67.1 Å². The van der Waals surface area contributed by atoms with Crippen LogP contribution in [0.1, 0.15) is 42.7 Å². The highest BCUT2D eigenvalue weighted by Crippen LogP contribution is 2.30. The Bertz CT molecular complexity index is 620. The molecule has 0 aliphatic carbocycles. The molecule has 0 N–H and O–H groups in total. The zero-order valence-electron chi connectivity index (χ0n) is 13.4. The quantitative estimate of drug-likeness (QED) is 0.566. The number of unbranched alkanes of at least 4 members (excludes halogenated alkanes) is 1. The first-order chi connectivity index (χ1) is 11.5. The molecule has 1 atom stereocenters. The molecule has 1 nitrogen and oxygen atoms in total. The Labute approximate surface area is 140 Å². The fraction of sp³-hybridized carbons (Fsp3) is 0.350. The second-order valence-corrected chi connectivity index (χ2v) is 5.96. The van der Waals surface area contributed by atoms with Crippen LogP contribution in [0.25, 0.3) is 0 Å². The topological polar surface area (TPSA) is 17.1 Å². The van der Waals surface area contributed by atoms with Crippen LogP contribution >= 0.6 is 0 Å². The minimum Gasteiger partial charge on any atom is -0.290 e. The molecular weight excluding hydrogens is 313 g/mol. The summed E-state index contributed by atoms with van der Waals surface area (Å²) in [4.78, 5) is 11.4. The third kappa shape index (κ3) is 5.84. The van der Waals surface area contributed by atoms with Gasteiger partial charge in [0.2, 0.25) is 5.78 Å². The zero-order chi connectivity index (χ0) is 17.4. The molecule has 0 heterocycles. The number of hydrogen-bond donors (Lipinski definition) is 0. The lowest BCUT2D eigenvalue weighted by Crippen LogP contribution is -2.24. The molecule has 128 valence electrons. The molecule has 0 saturated carbocycles. The molecule has 0 aliphatic rings. The number of aryl methyl sites for hydroxylation is 1. The molecule has 2 aromatic rings. The standard InChI is InChI=1S/C20H21F3O/c21-20(22,23)19(24)15-18(17-12-5-2-6-13-17)14-8-7-11-16-9-3-1-4-10-16/h1-6,9-10,12-13,18H,7-8,11,14-15H2/t18-/m1/s1. The highest BCUT2D eigenvalue weighted by atomic mass is 19.4. The zero-order valence-corrected chi connectivity index (χ0v) is 13.4. The van der Waals surface area contributed by atoms with Gasteiger partial charge in [-0.05, 0) is 36.3 Å². The molecular formula is C20H21F3O. The van der Waals surface area contributed by atoms with Crippen molar-refractivity contribution in [3.63, 3.8) is 0 Å². The van der Waals surface area contributed by atoms with Crippen LogP contribution in [0.3, 0.4) is 0 Å². The van der Waals surface area contributed by atoms with E-state index in [1.807, 2.05) is 36.4 Å². The van der Waals surface area contributed by atoms with E-state index < -0.39 is 18.4 Å². The first kappa shape index (κ1) is 18.2. The maximum atomic E-state index is 12.6. The normalized spacial score (nSPS) is 12.8. The maximum absolute atomic E-state index is 12.6. The largest absolute Gasteiger partial charge is 0.449 e. The van der Waals surface area contributed by atoms with Gasteiger partial charge in [0.15, 0.2) is 0 Å². The van der Waals surface area contributed by atoms with E-state index in [0.29, 0.717) is 6.42 Å². The lowest BCUT2D eigenvalue weighted by Gasteiger charge is -2.17. The van der Waals surface area contributed by atoms with Crippen LogP contribution in [-0.2, 0) is 11.2 Å². The Morgan fingerprint density at radius 1 is 0.875 bits per heavy atom. The van der Waals surface area contributed by atoms with Gasteiger partial charge in [0.25, 0.3) is 0 Å². The van der Waals surface area contributed by atoms with Crippen molar-refractivity contribution >= 4 is 5.78 Å². The molecule has 0 spiro atoms. The SMILES string of the molecule is O=C(C[C@@H](CCCCc1ccccc1)c1ccccc1)C(F)(F)F. The fourth-order valence-electron chi connectivity index (χ4n) is 2.82. The summed E-state index contributed by atoms with van der Waals surface area (Å²) >= 11 is 0. The van der Waals surface area contributed by atoms with Crippen molar-refractivity contribution in [2.75, 3.05) is 0 Å². The van der Waals surface area contributed by atoms with Gasteiger partial charge in [0.05, 0.1) is 0 Å². The van der Waals surface area contributed by atoms with E-state index in [0.717, 1.165) is 24.8 Å². The molecule has 0 aliphatic heterocycles. The monoisotopic (exact) mass is 334 g/mol. The Hall–Kier alpha value is -2.10. The first-order valence-corrected chi connectivity index (χ1v) is 8.15. The lowest BCUT2D eigenvalue weighted by molar-refractivity contribution is -0.171. The van der Waals surface area contributed by atoms with Crippen LogP contribution < -0.4 is 0 Å². The molecule has 0 radical (unpaired) electrons. The summed E-state index contributed by atoms with van der Waals surface area (Å²) in [6.07, 6.45) is -2.06. The van der Waals surface area contributed by atoms with Crippen LogP contribution in [0.5, 0.6) is 0 Å². The number of carbonyl (C=O) groups excluding carboxylic acids is 1. The second kappa shape index (κ2) is 8.67. The average molecular weight is 334 g/mol. The van der Waals surface area contributed by atoms with Crippen molar-refractivity contribution < 1.29 is 18.0 Å². The van der Waals surface area contributed by atoms with E-state index in [2.05, 4.69) is 0 Å². The summed E-state index contributed by atoms with van der Waals surface area (Å²) in [5.41, 5.74) is 2.02. The molecule has 24 heavy (non-hydrogen) atoms. The van der Waals surface area contributed by atoms with Gasteiger partial charge in [0, 0.05) is 6.42 Å². The number of alkyl halides is 3. The molecule has 0 bridgehead atoms. The number of Topliss-reactive ketones (excluding diaryl/α,β-unsaturated/α-hetero) is 1. The smallest absolute Gasteiger partial charge is 0.290 e. The van der Waals surface area contributed by atoms with Crippen LogP contribution in [0.15, 0.2) is 60.7 Å². The number of benzene rings is 2. The minimum absolute atomic E-state index is 0.379. The lowest BCUT2D eigenvalue weighted by atomic mass is 9.88. The third-order valence-corrected chi connectivity index (χ3v) is 4.13. The Morgan fingerprint density at radius 2 is 1.46 bits per heavy atom. The summed E-state index contributed by atoms with van der Waals surface area (Å²) in [6, 6.07) is 19.0. The Morgan fingerprint density at radius 3 is 2.04 bits per heavy atom. The van der Waals surface area contributed by atoms with Crippen LogP contribution in [0, 0.1) is 0 Å². The summed E-state index contributed by atoms with van der Waals surface area (Å²) < 4.78 is 37.8. The van der Waals surface area contributed by atoms with E-state index in [1.54, 1.807) is 24.3 Å². The molecule has 0 amide bonds. The predicted octanol–water partition coefficient (Wildman–Crippen LogP) is 5.70. The highest BCUT2D eigenvalue weighted by Gasteiger charge is 2.39. The summed E-state index contributed by atoms with van der Waals surface area (Å²) in [6.45, 7) is 0. The van der Waals surface area contributed by atoms with Crippen molar-refractivity contribution in [2.45, 2.75) is 44.2 Å². The summed E-state index contributed by atoms with van der Waals surface area (Å²) in [5.74, 6) is -2.02. The van der Waals surface area contributed by atoms with E-state index in [1.165, 1.54) is 5.56 Å². The summed E-state index contributed by atoms with van der Waals surface area (Å²) in [7, 11) is 0. The minimum atomic E-state index is -4.75. The van der Waals surface area contributed by atoms with Gasteiger partial charge in [0.1, 0.15) is 0 Å². The fourth-order valence-corrected chi connectivity index (χ4v) is 2.82. The van der Waals surface area contributed by atoms with E-state index in [9.17, 15) is 18.0 Å². The second-order valence-electron chi connectivity index (χ2n) is 5.96.